The van der Waals surface area contributed by atoms with Gasteiger partial charge in [-0.15, -0.1) is 0 Å². The maximum Gasteiger partial charge on any atom is 0.269 e. The molecule has 27 heavy (non-hydrogen) atoms. The van der Waals surface area contributed by atoms with E-state index in [1.54, 1.807) is 18.2 Å². The van der Waals surface area contributed by atoms with Crippen LogP contribution in [0.5, 0.6) is 11.5 Å². The Hall–Kier alpha value is -2.95. The summed E-state index contributed by atoms with van der Waals surface area (Å²) in [6, 6.07) is 13.6. The molecule has 0 saturated heterocycles. The highest BCUT2D eigenvalue weighted by atomic mass is 16.7. The molecule has 140 valence electrons. The van der Waals surface area contributed by atoms with Gasteiger partial charge in [-0.1, -0.05) is 50.1 Å². The summed E-state index contributed by atoms with van der Waals surface area (Å²) in [6.45, 7) is 4.21. The van der Waals surface area contributed by atoms with Crippen molar-refractivity contribution in [2.45, 2.75) is 38.0 Å². The van der Waals surface area contributed by atoms with Crippen molar-refractivity contribution in [3.05, 3.63) is 65.7 Å². The van der Waals surface area contributed by atoms with Crippen LogP contribution in [0.15, 0.2) is 49.0 Å². The van der Waals surface area contributed by atoms with E-state index in [0.717, 1.165) is 5.56 Å². The first-order valence-corrected chi connectivity index (χ1v) is 9.46. The molecule has 1 amide bonds. The quantitative estimate of drug-likeness (QED) is 0.774. The van der Waals surface area contributed by atoms with E-state index >= 15 is 0 Å². The Balaban J connectivity index is 1.34. The smallest absolute Gasteiger partial charge is 0.269 e. The van der Waals surface area contributed by atoms with Gasteiger partial charge in [0.1, 0.15) is 0 Å². The third-order valence-corrected chi connectivity index (χ3v) is 5.30. The molecule has 1 fully saturated rings. The van der Waals surface area contributed by atoms with E-state index in [4.69, 9.17) is 9.47 Å². The molecular formula is C22H24N2O3. The van der Waals surface area contributed by atoms with Crippen molar-refractivity contribution in [1.82, 2.24) is 10.9 Å². The third-order valence-electron chi connectivity index (χ3n) is 5.30. The van der Waals surface area contributed by atoms with Gasteiger partial charge in [0.05, 0.1) is 5.70 Å². The second-order valence-corrected chi connectivity index (χ2v) is 7.08. The Morgan fingerprint density at radius 1 is 0.889 bits per heavy atom. The number of ether oxygens (including phenoxy) is 2. The fourth-order valence-corrected chi connectivity index (χ4v) is 3.71. The maximum atomic E-state index is 12.3. The van der Waals surface area contributed by atoms with Gasteiger partial charge in [0, 0.05) is 5.56 Å². The van der Waals surface area contributed by atoms with Crippen molar-refractivity contribution in [2.75, 3.05) is 6.79 Å². The fourth-order valence-electron chi connectivity index (χ4n) is 3.71. The van der Waals surface area contributed by atoms with E-state index < -0.39 is 0 Å². The molecule has 0 aromatic heterocycles. The number of hydrogen-bond donors (Lipinski definition) is 2. The molecule has 2 aromatic carbocycles. The van der Waals surface area contributed by atoms with Gasteiger partial charge in [-0.05, 0) is 48.1 Å². The van der Waals surface area contributed by atoms with Crippen LogP contribution < -0.4 is 20.3 Å². The molecule has 1 saturated carbocycles. The lowest BCUT2D eigenvalue weighted by Crippen LogP contribution is -2.35. The summed E-state index contributed by atoms with van der Waals surface area (Å²) in [7, 11) is 0. The van der Waals surface area contributed by atoms with Crippen molar-refractivity contribution in [1.29, 1.82) is 0 Å². The molecule has 1 aliphatic carbocycles. The zero-order chi connectivity index (χ0) is 18.6. The summed E-state index contributed by atoms with van der Waals surface area (Å²) in [5, 5.41) is 0. The third kappa shape index (κ3) is 3.92. The molecule has 1 heterocycles. The number of carbonyl (C=O) groups excluding carboxylic acids is 1. The number of carbonyl (C=O) groups is 1. The van der Waals surface area contributed by atoms with E-state index in [-0.39, 0.29) is 12.7 Å². The van der Waals surface area contributed by atoms with Gasteiger partial charge in [0.2, 0.25) is 6.79 Å². The van der Waals surface area contributed by atoms with Crippen molar-refractivity contribution in [3.63, 3.8) is 0 Å². The average Bonchev–Trinajstić information content (AvgIpc) is 3.20. The normalized spacial score (nSPS) is 16.0. The number of hydrazine groups is 1. The molecule has 0 atom stereocenters. The minimum atomic E-state index is -0.256. The largest absolute Gasteiger partial charge is 0.454 e. The summed E-state index contributed by atoms with van der Waals surface area (Å²) >= 11 is 0. The highest BCUT2D eigenvalue weighted by Crippen LogP contribution is 2.33. The summed E-state index contributed by atoms with van der Waals surface area (Å²) < 4.78 is 10.6. The highest BCUT2D eigenvalue weighted by Gasteiger charge is 2.17. The lowest BCUT2D eigenvalue weighted by molar-refractivity contribution is 0.0942. The van der Waals surface area contributed by atoms with E-state index in [0.29, 0.717) is 28.7 Å². The molecule has 5 heteroatoms. The summed E-state index contributed by atoms with van der Waals surface area (Å²) in [6.07, 6.45) is 6.58. The monoisotopic (exact) mass is 364 g/mol. The molecular weight excluding hydrogens is 340 g/mol. The predicted octanol–water partition coefficient (Wildman–Crippen LogP) is 4.37. The zero-order valence-electron chi connectivity index (χ0n) is 15.3. The molecule has 4 rings (SSSR count). The van der Waals surface area contributed by atoms with Crippen molar-refractivity contribution in [3.8, 4) is 11.5 Å². The second-order valence-electron chi connectivity index (χ2n) is 7.08. The number of rotatable bonds is 5. The fraction of sp³-hybridized carbons (Fsp3) is 0.318. The Bertz CT molecular complexity index is 839. The van der Waals surface area contributed by atoms with Crippen LogP contribution in [0, 0.1) is 0 Å². The Kier molecular flexibility index (Phi) is 5.01. The lowest BCUT2D eigenvalue weighted by atomic mass is 9.84. The Labute approximate surface area is 159 Å². The van der Waals surface area contributed by atoms with Crippen LogP contribution in [0.25, 0.3) is 5.70 Å². The van der Waals surface area contributed by atoms with Crippen LogP contribution in [-0.2, 0) is 0 Å². The number of hydrogen-bond acceptors (Lipinski definition) is 4. The van der Waals surface area contributed by atoms with E-state index in [1.165, 1.54) is 37.7 Å². The van der Waals surface area contributed by atoms with E-state index in [1.807, 2.05) is 0 Å². The van der Waals surface area contributed by atoms with Crippen LogP contribution in [0.4, 0.5) is 0 Å². The van der Waals surface area contributed by atoms with Crippen molar-refractivity contribution < 1.29 is 14.3 Å². The minimum Gasteiger partial charge on any atom is -0.454 e. The zero-order valence-corrected chi connectivity index (χ0v) is 15.3. The number of amides is 1. The first-order chi connectivity index (χ1) is 13.2. The van der Waals surface area contributed by atoms with Crippen LogP contribution in [0.2, 0.25) is 0 Å². The summed E-state index contributed by atoms with van der Waals surface area (Å²) in [5.74, 6) is 1.66. The molecule has 0 bridgehead atoms. The first kappa shape index (κ1) is 17.5. The molecule has 2 aromatic rings. The predicted molar refractivity (Wildman–Crippen MR) is 104 cm³/mol. The molecule has 0 radical (unpaired) electrons. The first-order valence-electron chi connectivity index (χ1n) is 9.46. The van der Waals surface area contributed by atoms with E-state index in [2.05, 4.69) is 41.7 Å². The summed E-state index contributed by atoms with van der Waals surface area (Å²) in [4.78, 5) is 12.3. The topological polar surface area (TPSA) is 59.6 Å². The summed E-state index contributed by atoms with van der Waals surface area (Å²) in [5.41, 5.74) is 9.08. The Morgan fingerprint density at radius 2 is 1.59 bits per heavy atom. The van der Waals surface area contributed by atoms with Gasteiger partial charge in [-0.3, -0.25) is 15.6 Å². The number of nitrogens with one attached hydrogen (secondary N) is 2. The maximum absolute atomic E-state index is 12.3. The van der Waals surface area contributed by atoms with E-state index in [9.17, 15) is 4.79 Å². The van der Waals surface area contributed by atoms with Gasteiger partial charge in [0.15, 0.2) is 11.5 Å². The van der Waals surface area contributed by atoms with Crippen LogP contribution >= 0.6 is 0 Å². The average molecular weight is 364 g/mol. The highest BCUT2D eigenvalue weighted by molar-refractivity contribution is 5.95. The van der Waals surface area contributed by atoms with Gasteiger partial charge in [-0.25, -0.2) is 0 Å². The molecule has 2 N–H and O–H groups in total. The molecule has 0 unspecified atom stereocenters. The molecule has 2 aliphatic rings. The second kappa shape index (κ2) is 7.74. The molecule has 5 nitrogen and oxygen atoms in total. The molecule has 0 spiro atoms. The molecule has 1 aliphatic heterocycles. The number of benzene rings is 2. The standard InChI is InChI=1S/C22H24N2O3/c1-15(16-7-9-18(10-8-16)17-5-3-2-4-6-17)23-24-22(25)19-11-12-20-21(13-19)27-14-26-20/h7-13,17,23H,1-6,14H2,(H,24,25). The minimum absolute atomic E-state index is 0.187. The Morgan fingerprint density at radius 3 is 2.37 bits per heavy atom. The van der Waals surface area contributed by atoms with Crippen molar-refractivity contribution >= 4 is 11.6 Å². The lowest BCUT2D eigenvalue weighted by Gasteiger charge is -2.22. The SMILES string of the molecule is C=C(NNC(=O)c1ccc2c(c1)OCO2)c1ccc(C2CCCCC2)cc1. The van der Waals surface area contributed by atoms with Gasteiger partial charge in [0.25, 0.3) is 5.91 Å². The van der Waals surface area contributed by atoms with Gasteiger partial charge >= 0.3 is 0 Å². The van der Waals surface area contributed by atoms with Gasteiger partial charge in [-0.2, -0.15) is 0 Å². The van der Waals surface area contributed by atoms with Gasteiger partial charge < -0.3 is 9.47 Å². The number of fused-ring (bicyclic) bond motifs is 1. The van der Waals surface area contributed by atoms with Crippen LogP contribution in [0.1, 0.15) is 59.5 Å². The van der Waals surface area contributed by atoms with Crippen molar-refractivity contribution in [2.24, 2.45) is 0 Å². The van der Waals surface area contributed by atoms with Crippen LogP contribution in [0.3, 0.4) is 0 Å². The van der Waals surface area contributed by atoms with Crippen LogP contribution in [-0.4, -0.2) is 12.7 Å².